The fourth-order valence-corrected chi connectivity index (χ4v) is 2.62. The van der Waals surface area contributed by atoms with Crippen molar-refractivity contribution in [3.8, 4) is 5.75 Å². The van der Waals surface area contributed by atoms with Gasteiger partial charge in [0, 0.05) is 50.7 Å². The van der Waals surface area contributed by atoms with Crippen molar-refractivity contribution >= 4 is 6.02 Å². The van der Waals surface area contributed by atoms with Gasteiger partial charge >= 0.3 is 0 Å². The van der Waals surface area contributed by atoms with E-state index in [0.717, 1.165) is 49.6 Å². The number of aromatic nitrogens is 2. The van der Waals surface area contributed by atoms with Crippen LogP contribution in [-0.2, 0) is 6.54 Å². The average molecular weight is 311 g/mol. The van der Waals surface area contributed by atoms with Gasteiger partial charge in [0.15, 0.2) is 0 Å². The van der Waals surface area contributed by atoms with Gasteiger partial charge in [-0.3, -0.25) is 10.3 Å². The molecule has 0 radical (unpaired) electrons. The van der Waals surface area contributed by atoms with Crippen molar-refractivity contribution in [1.82, 2.24) is 19.8 Å². The molecule has 0 amide bonds. The van der Waals surface area contributed by atoms with E-state index in [1.54, 1.807) is 6.33 Å². The largest absolute Gasteiger partial charge is 0.426 e. The lowest BCUT2D eigenvalue weighted by atomic mass is 10.2. The molecule has 1 saturated heterocycles. The highest BCUT2D eigenvalue weighted by atomic mass is 16.5. The normalized spacial score (nSPS) is 15.4. The SMILES string of the molecule is Cc1ccccc1OC(=N)N1CCN(Cc2cncnc2)CC1. The van der Waals surface area contributed by atoms with E-state index in [2.05, 4.69) is 14.9 Å². The van der Waals surface area contributed by atoms with Gasteiger partial charge in [-0.05, 0) is 18.6 Å². The van der Waals surface area contributed by atoms with Crippen molar-refractivity contribution in [2.24, 2.45) is 0 Å². The second kappa shape index (κ2) is 7.19. The number of rotatable bonds is 3. The Labute approximate surface area is 136 Å². The molecule has 1 fully saturated rings. The van der Waals surface area contributed by atoms with Crippen LogP contribution in [0.2, 0.25) is 0 Å². The van der Waals surface area contributed by atoms with Crippen LogP contribution in [0.1, 0.15) is 11.1 Å². The van der Waals surface area contributed by atoms with Crippen molar-refractivity contribution in [1.29, 1.82) is 5.41 Å². The van der Waals surface area contributed by atoms with Gasteiger partial charge in [0.2, 0.25) is 0 Å². The fraction of sp³-hybridized carbons (Fsp3) is 0.353. The van der Waals surface area contributed by atoms with Crippen molar-refractivity contribution in [3.05, 3.63) is 54.1 Å². The predicted molar refractivity (Wildman–Crippen MR) is 88.4 cm³/mol. The first kappa shape index (κ1) is 15.4. The van der Waals surface area contributed by atoms with Crippen LogP contribution in [0, 0.1) is 12.3 Å². The zero-order chi connectivity index (χ0) is 16.1. The molecule has 2 heterocycles. The standard InChI is InChI=1S/C17H21N5O/c1-14-4-2-3-5-16(14)23-17(18)22-8-6-21(7-9-22)12-15-10-19-13-20-11-15/h2-5,10-11,13,18H,6-9,12H2,1H3. The number of hydrogen-bond acceptors (Lipinski definition) is 5. The van der Waals surface area contributed by atoms with Crippen LogP contribution < -0.4 is 4.74 Å². The first-order valence-electron chi connectivity index (χ1n) is 7.75. The van der Waals surface area contributed by atoms with E-state index in [-0.39, 0.29) is 6.02 Å². The monoisotopic (exact) mass is 311 g/mol. The minimum Gasteiger partial charge on any atom is -0.426 e. The van der Waals surface area contributed by atoms with Crippen molar-refractivity contribution in [2.75, 3.05) is 26.2 Å². The molecule has 1 aliphatic heterocycles. The number of aryl methyl sites for hydroxylation is 1. The maximum absolute atomic E-state index is 8.17. The highest BCUT2D eigenvalue weighted by Crippen LogP contribution is 2.17. The van der Waals surface area contributed by atoms with E-state index in [9.17, 15) is 0 Å². The maximum Gasteiger partial charge on any atom is 0.290 e. The molecule has 0 bridgehead atoms. The van der Waals surface area contributed by atoms with E-state index < -0.39 is 0 Å². The lowest BCUT2D eigenvalue weighted by molar-refractivity contribution is 0.161. The van der Waals surface area contributed by atoms with Gasteiger partial charge in [-0.1, -0.05) is 18.2 Å². The first-order chi connectivity index (χ1) is 11.2. The third kappa shape index (κ3) is 4.04. The number of nitrogens with one attached hydrogen (secondary N) is 1. The molecule has 3 rings (SSSR count). The van der Waals surface area contributed by atoms with Crippen molar-refractivity contribution < 1.29 is 4.74 Å². The molecule has 0 unspecified atom stereocenters. The molecule has 1 aliphatic rings. The van der Waals surface area contributed by atoms with Crippen LogP contribution in [0.3, 0.4) is 0 Å². The Morgan fingerprint density at radius 3 is 2.52 bits per heavy atom. The maximum atomic E-state index is 8.17. The molecule has 23 heavy (non-hydrogen) atoms. The highest BCUT2D eigenvalue weighted by Gasteiger charge is 2.20. The molecular formula is C17H21N5O. The molecule has 1 aromatic carbocycles. The Bertz CT molecular complexity index is 653. The summed E-state index contributed by atoms with van der Waals surface area (Å²) in [5.74, 6) is 0.751. The lowest BCUT2D eigenvalue weighted by Crippen LogP contribution is -2.49. The Kier molecular flexibility index (Phi) is 4.83. The number of benzene rings is 1. The first-order valence-corrected chi connectivity index (χ1v) is 7.75. The molecule has 1 aromatic heterocycles. The van der Waals surface area contributed by atoms with Gasteiger partial charge in [0.05, 0.1) is 0 Å². The van der Waals surface area contributed by atoms with Gasteiger partial charge in [-0.2, -0.15) is 0 Å². The van der Waals surface area contributed by atoms with Crippen LogP contribution in [0.15, 0.2) is 43.0 Å². The summed E-state index contributed by atoms with van der Waals surface area (Å²) in [6.45, 7) is 6.21. The number of amidine groups is 1. The Morgan fingerprint density at radius 2 is 1.83 bits per heavy atom. The van der Waals surface area contributed by atoms with Gasteiger partial charge in [-0.15, -0.1) is 0 Å². The number of nitrogens with zero attached hydrogens (tertiary/aromatic N) is 4. The topological polar surface area (TPSA) is 65.3 Å². The summed E-state index contributed by atoms with van der Waals surface area (Å²) >= 11 is 0. The summed E-state index contributed by atoms with van der Waals surface area (Å²) < 4.78 is 5.71. The van der Waals surface area contributed by atoms with E-state index in [1.807, 2.05) is 48.5 Å². The molecule has 0 saturated carbocycles. The fourth-order valence-electron chi connectivity index (χ4n) is 2.62. The highest BCUT2D eigenvalue weighted by molar-refractivity contribution is 5.73. The molecule has 0 aliphatic carbocycles. The summed E-state index contributed by atoms with van der Waals surface area (Å²) in [4.78, 5) is 12.4. The zero-order valence-corrected chi connectivity index (χ0v) is 13.3. The third-order valence-corrected chi connectivity index (χ3v) is 3.98. The zero-order valence-electron chi connectivity index (χ0n) is 13.3. The minimum atomic E-state index is 0.224. The van der Waals surface area contributed by atoms with Gasteiger partial charge in [0.1, 0.15) is 12.1 Å². The molecule has 120 valence electrons. The van der Waals surface area contributed by atoms with E-state index in [4.69, 9.17) is 10.1 Å². The van der Waals surface area contributed by atoms with E-state index >= 15 is 0 Å². The number of piperazine rings is 1. The number of ether oxygens (including phenoxy) is 1. The van der Waals surface area contributed by atoms with Crippen LogP contribution in [-0.4, -0.2) is 52.0 Å². The third-order valence-electron chi connectivity index (χ3n) is 3.98. The van der Waals surface area contributed by atoms with Gasteiger partial charge in [-0.25, -0.2) is 9.97 Å². The van der Waals surface area contributed by atoms with E-state index in [0.29, 0.717) is 0 Å². The summed E-state index contributed by atoms with van der Waals surface area (Å²) in [6, 6.07) is 8.01. The summed E-state index contributed by atoms with van der Waals surface area (Å²) in [7, 11) is 0. The number of para-hydroxylation sites is 1. The molecule has 0 atom stereocenters. The minimum absolute atomic E-state index is 0.224. The molecule has 6 heteroatoms. The van der Waals surface area contributed by atoms with Crippen LogP contribution in [0.5, 0.6) is 5.75 Å². The van der Waals surface area contributed by atoms with Crippen molar-refractivity contribution in [2.45, 2.75) is 13.5 Å². The van der Waals surface area contributed by atoms with Crippen LogP contribution in [0.4, 0.5) is 0 Å². The Hall–Kier alpha value is -2.47. The second-order valence-corrected chi connectivity index (χ2v) is 5.68. The molecule has 0 spiro atoms. The summed E-state index contributed by atoms with van der Waals surface area (Å²) in [5.41, 5.74) is 2.16. The lowest BCUT2D eigenvalue weighted by Gasteiger charge is -2.35. The average Bonchev–Trinajstić information content (AvgIpc) is 2.58. The number of hydrogen-bond donors (Lipinski definition) is 1. The predicted octanol–water partition coefficient (Wildman–Crippen LogP) is 1.92. The summed E-state index contributed by atoms with van der Waals surface area (Å²) in [5, 5.41) is 8.17. The summed E-state index contributed by atoms with van der Waals surface area (Å²) in [6.07, 6.45) is 5.25. The Morgan fingerprint density at radius 1 is 1.13 bits per heavy atom. The quantitative estimate of drug-likeness (QED) is 0.693. The molecule has 6 nitrogen and oxygen atoms in total. The molecular weight excluding hydrogens is 290 g/mol. The van der Waals surface area contributed by atoms with Crippen molar-refractivity contribution in [3.63, 3.8) is 0 Å². The molecule has 2 aromatic rings. The Balaban J connectivity index is 1.50. The van der Waals surface area contributed by atoms with Crippen LogP contribution in [0.25, 0.3) is 0 Å². The van der Waals surface area contributed by atoms with E-state index in [1.165, 1.54) is 0 Å². The van der Waals surface area contributed by atoms with Gasteiger partial charge in [0.25, 0.3) is 6.02 Å². The second-order valence-electron chi connectivity index (χ2n) is 5.68. The smallest absolute Gasteiger partial charge is 0.290 e. The van der Waals surface area contributed by atoms with Gasteiger partial charge < -0.3 is 9.64 Å². The molecule has 1 N–H and O–H groups in total. The van der Waals surface area contributed by atoms with Crippen LogP contribution >= 0.6 is 0 Å².